The lowest BCUT2D eigenvalue weighted by Crippen LogP contribution is -2.46. The Kier molecular flexibility index (Phi) is 7.53. The molecule has 1 aliphatic rings. The molecule has 1 fully saturated rings. The number of methoxy groups -OCH3 is 2. The molecular weight excluding hydrogens is 364 g/mol. The Labute approximate surface area is 174 Å². The zero-order valence-corrected chi connectivity index (χ0v) is 17.7. The summed E-state index contributed by atoms with van der Waals surface area (Å²) in [7, 11) is 3.30. The largest absolute Gasteiger partial charge is 0.493 e. The highest BCUT2D eigenvalue weighted by atomic mass is 16.5. The van der Waals surface area contributed by atoms with Crippen LogP contribution in [0.1, 0.15) is 43.2 Å². The maximum atomic E-state index is 13.0. The van der Waals surface area contributed by atoms with Crippen molar-refractivity contribution in [1.82, 2.24) is 10.2 Å². The molecule has 0 spiro atoms. The van der Waals surface area contributed by atoms with Gasteiger partial charge in [-0.05, 0) is 42.5 Å². The average Bonchev–Trinajstić information content (AvgIpc) is 2.79. The third-order valence-corrected chi connectivity index (χ3v) is 5.76. The molecule has 3 rings (SSSR count). The van der Waals surface area contributed by atoms with E-state index in [0.29, 0.717) is 6.04 Å². The van der Waals surface area contributed by atoms with Gasteiger partial charge in [0.25, 0.3) is 0 Å². The first kappa shape index (κ1) is 21.2. The second-order valence-electron chi connectivity index (χ2n) is 7.54. The lowest BCUT2D eigenvalue weighted by Gasteiger charge is -2.34. The van der Waals surface area contributed by atoms with Crippen LogP contribution in [-0.2, 0) is 11.3 Å². The van der Waals surface area contributed by atoms with Crippen LogP contribution in [0.3, 0.4) is 0 Å². The van der Waals surface area contributed by atoms with Gasteiger partial charge in [-0.1, -0.05) is 43.3 Å². The van der Waals surface area contributed by atoms with Gasteiger partial charge >= 0.3 is 0 Å². The highest BCUT2D eigenvalue weighted by Crippen LogP contribution is 2.28. The smallest absolute Gasteiger partial charge is 0.230 e. The molecule has 1 atom stereocenters. The van der Waals surface area contributed by atoms with Crippen molar-refractivity contribution < 1.29 is 14.3 Å². The van der Waals surface area contributed by atoms with E-state index >= 15 is 0 Å². The van der Waals surface area contributed by atoms with Crippen LogP contribution in [0.15, 0.2) is 48.5 Å². The van der Waals surface area contributed by atoms with E-state index < -0.39 is 0 Å². The van der Waals surface area contributed by atoms with E-state index in [4.69, 9.17) is 9.47 Å². The molecule has 1 saturated heterocycles. The summed E-state index contributed by atoms with van der Waals surface area (Å²) in [5.41, 5.74) is 2.28. The molecule has 0 aliphatic carbocycles. The van der Waals surface area contributed by atoms with Gasteiger partial charge in [-0.3, -0.25) is 4.79 Å². The van der Waals surface area contributed by atoms with Crippen LogP contribution in [0, 0.1) is 0 Å². The summed E-state index contributed by atoms with van der Waals surface area (Å²) < 4.78 is 10.7. The summed E-state index contributed by atoms with van der Waals surface area (Å²) in [5, 5.41) is 3.63. The molecule has 1 unspecified atom stereocenters. The van der Waals surface area contributed by atoms with Gasteiger partial charge in [-0.25, -0.2) is 0 Å². The Hall–Kier alpha value is -2.53. The van der Waals surface area contributed by atoms with Crippen molar-refractivity contribution in [3.63, 3.8) is 0 Å². The van der Waals surface area contributed by atoms with Crippen molar-refractivity contribution in [2.24, 2.45) is 0 Å². The molecule has 29 heavy (non-hydrogen) atoms. The minimum atomic E-state index is -0.0347. The number of amides is 1. The highest BCUT2D eigenvalue weighted by Gasteiger charge is 2.28. The molecule has 1 aliphatic heterocycles. The van der Waals surface area contributed by atoms with Gasteiger partial charge in [0, 0.05) is 25.7 Å². The lowest BCUT2D eigenvalue weighted by molar-refractivity contribution is -0.134. The van der Waals surface area contributed by atoms with E-state index in [0.717, 1.165) is 61.5 Å². The molecular formula is C24H32N2O3. The van der Waals surface area contributed by atoms with E-state index in [1.54, 1.807) is 14.2 Å². The summed E-state index contributed by atoms with van der Waals surface area (Å²) in [4.78, 5) is 15.1. The van der Waals surface area contributed by atoms with E-state index in [1.165, 1.54) is 0 Å². The monoisotopic (exact) mass is 396 g/mol. The predicted octanol–water partition coefficient (Wildman–Crippen LogP) is 3.98. The summed E-state index contributed by atoms with van der Waals surface area (Å²) in [6.45, 7) is 4.49. The number of benzene rings is 2. The normalized spacial score (nSPS) is 15.8. The van der Waals surface area contributed by atoms with Crippen LogP contribution in [0.25, 0.3) is 0 Å². The molecule has 1 heterocycles. The number of carbonyl (C=O) groups is 1. The predicted molar refractivity (Wildman–Crippen MR) is 115 cm³/mol. The number of ether oxygens (including phenoxy) is 2. The molecule has 2 aromatic carbocycles. The Bertz CT molecular complexity index is 786. The topological polar surface area (TPSA) is 50.8 Å². The van der Waals surface area contributed by atoms with Crippen molar-refractivity contribution in [1.29, 1.82) is 0 Å². The minimum Gasteiger partial charge on any atom is -0.493 e. The zero-order chi connectivity index (χ0) is 20.6. The Morgan fingerprint density at radius 1 is 1.07 bits per heavy atom. The quantitative estimate of drug-likeness (QED) is 0.733. The summed E-state index contributed by atoms with van der Waals surface area (Å²) in [6, 6.07) is 16.6. The van der Waals surface area contributed by atoms with Crippen LogP contribution in [0.4, 0.5) is 0 Å². The second kappa shape index (κ2) is 10.3. The van der Waals surface area contributed by atoms with E-state index in [1.807, 2.05) is 35.2 Å². The van der Waals surface area contributed by atoms with Crippen molar-refractivity contribution >= 4 is 5.91 Å². The number of rotatable bonds is 8. The number of piperidine rings is 1. The van der Waals surface area contributed by atoms with Crippen LogP contribution in [0.2, 0.25) is 0 Å². The zero-order valence-electron chi connectivity index (χ0n) is 17.7. The Morgan fingerprint density at radius 3 is 2.38 bits per heavy atom. The fourth-order valence-electron chi connectivity index (χ4n) is 4.02. The van der Waals surface area contributed by atoms with E-state index in [-0.39, 0.29) is 11.8 Å². The summed E-state index contributed by atoms with van der Waals surface area (Å²) in [6.07, 6.45) is 2.79. The van der Waals surface area contributed by atoms with Crippen LogP contribution in [0.5, 0.6) is 11.5 Å². The first-order valence-corrected chi connectivity index (χ1v) is 10.4. The van der Waals surface area contributed by atoms with Crippen molar-refractivity contribution in [2.75, 3.05) is 27.3 Å². The second-order valence-corrected chi connectivity index (χ2v) is 7.54. The number of nitrogens with one attached hydrogen (secondary N) is 1. The number of hydrogen-bond acceptors (Lipinski definition) is 4. The Balaban J connectivity index is 1.51. The summed E-state index contributed by atoms with van der Waals surface area (Å²) in [5.74, 6) is 1.72. The van der Waals surface area contributed by atoms with Crippen molar-refractivity contribution in [3.8, 4) is 11.5 Å². The molecule has 0 aromatic heterocycles. The van der Waals surface area contributed by atoms with Gasteiger partial charge in [0.15, 0.2) is 11.5 Å². The molecule has 156 valence electrons. The minimum absolute atomic E-state index is 0.0347. The van der Waals surface area contributed by atoms with Crippen molar-refractivity contribution in [3.05, 3.63) is 59.7 Å². The third-order valence-electron chi connectivity index (χ3n) is 5.76. The standard InChI is InChI=1S/C24H32N2O3/c1-4-21(19-8-6-5-7-9-19)24(27)26-14-12-20(13-15-26)25-17-18-10-11-22(28-2)23(16-18)29-3/h5-11,16,20-21,25H,4,12-15,17H2,1-3H3. The molecule has 1 amide bonds. The van der Waals surface area contributed by atoms with Crippen molar-refractivity contribution in [2.45, 2.75) is 44.7 Å². The van der Waals surface area contributed by atoms with Crippen LogP contribution < -0.4 is 14.8 Å². The molecule has 2 aromatic rings. The van der Waals surface area contributed by atoms with E-state index in [9.17, 15) is 4.79 Å². The highest BCUT2D eigenvalue weighted by molar-refractivity contribution is 5.83. The fraction of sp³-hybridized carbons (Fsp3) is 0.458. The molecule has 0 saturated carbocycles. The third kappa shape index (κ3) is 5.30. The van der Waals surface area contributed by atoms with E-state index in [2.05, 4.69) is 30.4 Å². The molecule has 5 heteroatoms. The Morgan fingerprint density at radius 2 is 1.76 bits per heavy atom. The first-order chi connectivity index (χ1) is 14.2. The first-order valence-electron chi connectivity index (χ1n) is 10.4. The van der Waals surface area contributed by atoms with Gasteiger partial charge in [0.1, 0.15) is 0 Å². The number of carbonyl (C=O) groups excluding carboxylic acids is 1. The maximum absolute atomic E-state index is 13.0. The van der Waals surface area contributed by atoms with Gasteiger partial charge in [-0.2, -0.15) is 0 Å². The number of nitrogens with zero attached hydrogens (tertiary/aromatic N) is 1. The molecule has 0 radical (unpaired) electrons. The molecule has 1 N–H and O–H groups in total. The van der Waals surface area contributed by atoms with Gasteiger partial charge in [0.05, 0.1) is 20.1 Å². The SMILES string of the molecule is CCC(C(=O)N1CCC(NCc2ccc(OC)c(OC)c2)CC1)c1ccccc1. The number of likely N-dealkylation sites (tertiary alicyclic amines) is 1. The summed E-state index contributed by atoms with van der Waals surface area (Å²) >= 11 is 0. The molecule has 5 nitrogen and oxygen atoms in total. The van der Waals surface area contributed by atoms with Gasteiger partial charge in [0.2, 0.25) is 5.91 Å². The van der Waals surface area contributed by atoms with Gasteiger partial charge in [-0.15, -0.1) is 0 Å². The fourth-order valence-corrected chi connectivity index (χ4v) is 4.02. The maximum Gasteiger partial charge on any atom is 0.230 e. The lowest BCUT2D eigenvalue weighted by atomic mass is 9.93. The van der Waals surface area contributed by atoms with Crippen LogP contribution in [-0.4, -0.2) is 44.2 Å². The average molecular weight is 397 g/mol. The van der Waals surface area contributed by atoms with Gasteiger partial charge < -0.3 is 19.7 Å². The van der Waals surface area contributed by atoms with Crippen LogP contribution >= 0.6 is 0 Å². The molecule has 0 bridgehead atoms. The number of hydrogen-bond donors (Lipinski definition) is 1.